The van der Waals surface area contributed by atoms with Gasteiger partial charge in [-0.05, 0) is 43.5 Å². The van der Waals surface area contributed by atoms with Crippen LogP contribution in [0.2, 0.25) is 0 Å². The normalized spacial score (nSPS) is 11.9. The van der Waals surface area contributed by atoms with Crippen molar-refractivity contribution in [1.29, 1.82) is 0 Å². The number of rotatable bonds is 6. The minimum atomic E-state index is -4.70. The van der Waals surface area contributed by atoms with E-state index < -0.39 is 17.8 Å². The van der Waals surface area contributed by atoms with Gasteiger partial charge in [-0.2, -0.15) is 23.4 Å². The number of fused-ring (bicyclic) bond motifs is 1. The fraction of sp³-hybridized carbons (Fsp3) is 0.241. The minimum Gasteiger partial charge on any atom is -0.346 e. The molecule has 3 aromatic heterocycles. The molecule has 0 aliphatic heterocycles. The number of aryl methyl sites for hydroxylation is 1. The van der Waals surface area contributed by atoms with Crippen LogP contribution in [0.5, 0.6) is 0 Å². The molecule has 0 saturated carbocycles. The Bertz CT molecular complexity index is 1650. The molecule has 0 saturated heterocycles. The van der Waals surface area contributed by atoms with Crippen molar-refractivity contribution >= 4 is 11.6 Å². The quantitative estimate of drug-likeness (QED) is 0.280. The number of halogens is 3. The predicted molar refractivity (Wildman–Crippen MR) is 142 cm³/mol. The van der Waals surface area contributed by atoms with E-state index in [1.54, 1.807) is 16.8 Å². The summed E-state index contributed by atoms with van der Waals surface area (Å²) in [5.41, 5.74) is 3.81. The predicted octanol–water partition coefficient (Wildman–Crippen LogP) is 6.27. The fourth-order valence-corrected chi connectivity index (χ4v) is 4.48. The summed E-state index contributed by atoms with van der Waals surface area (Å²) < 4.78 is 44.4. The zero-order chi connectivity index (χ0) is 27.9. The number of hydrogen-bond donors (Lipinski definition) is 1. The van der Waals surface area contributed by atoms with Crippen molar-refractivity contribution in [3.63, 3.8) is 0 Å². The van der Waals surface area contributed by atoms with Gasteiger partial charge >= 0.3 is 6.18 Å². The van der Waals surface area contributed by atoms with E-state index in [1.165, 1.54) is 6.07 Å². The van der Waals surface area contributed by atoms with Crippen molar-refractivity contribution in [2.75, 3.05) is 0 Å². The van der Waals surface area contributed by atoms with Crippen LogP contribution in [0.4, 0.5) is 13.2 Å². The summed E-state index contributed by atoms with van der Waals surface area (Å²) in [6, 6.07) is 19.1. The molecule has 200 valence electrons. The van der Waals surface area contributed by atoms with E-state index >= 15 is 0 Å². The largest absolute Gasteiger partial charge is 0.433 e. The van der Waals surface area contributed by atoms with Gasteiger partial charge in [-0.1, -0.05) is 56.3 Å². The molecule has 3 heterocycles. The van der Waals surface area contributed by atoms with E-state index in [9.17, 15) is 18.0 Å². The Labute approximate surface area is 223 Å². The lowest BCUT2D eigenvalue weighted by Crippen LogP contribution is -2.24. The minimum absolute atomic E-state index is 0.0674. The Morgan fingerprint density at radius 3 is 2.31 bits per heavy atom. The topological polar surface area (TPSA) is 77.1 Å². The van der Waals surface area contributed by atoms with Crippen molar-refractivity contribution < 1.29 is 18.0 Å². The lowest BCUT2D eigenvalue weighted by Gasteiger charge is -2.12. The summed E-state index contributed by atoms with van der Waals surface area (Å²) >= 11 is 0. The van der Waals surface area contributed by atoms with Gasteiger partial charge in [-0.25, -0.2) is 14.2 Å². The van der Waals surface area contributed by atoms with E-state index in [1.807, 2.05) is 70.2 Å². The summed E-state index contributed by atoms with van der Waals surface area (Å²) in [7, 11) is 0. The van der Waals surface area contributed by atoms with Gasteiger partial charge in [0.15, 0.2) is 17.0 Å². The lowest BCUT2D eigenvalue weighted by molar-refractivity contribution is -0.142. The number of amides is 1. The number of para-hydroxylation sites is 1. The molecule has 10 heteroatoms. The van der Waals surface area contributed by atoms with Gasteiger partial charge in [0, 0.05) is 29.4 Å². The molecule has 0 unspecified atom stereocenters. The highest BCUT2D eigenvalue weighted by Crippen LogP contribution is 2.32. The first kappa shape index (κ1) is 26.1. The van der Waals surface area contributed by atoms with Crippen LogP contribution >= 0.6 is 0 Å². The third-order valence-corrected chi connectivity index (χ3v) is 6.69. The highest BCUT2D eigenvalue weighted by molar-refractivity contribution is 5.93. The summed E-state index contributed by atoms with van der Waals surface area (Å²) in [5.74, 6) is -0.320. The van der Waals surface area contributed by atoms with Crippen molar-refractivity contribution in [1.82, 2.24) is 29.7 Å². The van der Waals surface area contributed by atoms with Gasteiger partial charge in [-0.3, -0.25) is 4.79 Å². The fourth-order valence-electron chi connectivity index (χ4n) is 4.48. The van der Waals surface area contributed by atoms with Crippen LogP contribution in [-0.2, 0) is 12.7 Å². The molecule has 5 aromatic rings. The molecular formula is C29H27F3N6O. The molecule has 0 spiro atoms. The maximum absolute atomic E-state index is 14.0. The molecule has 0 bridgehead atoms. The second-order valence-corrected chi connectivity index (χ2v) is 9.68. The number of carbonyl (C=O) groups excluding carboxylic acids is 1. The lowest BCUT2D eigenvalue weighted by atomic mass is 10.0. The molecule has 0 fully saturated rings. The Morgan fingerprint density at radius 1 is 0.974 bits per heavy atom. The Kier molecular flexibility index (Phi) is 6.71. The molecule has 0 atom stereocenters. The zero-order valence-corrected chi connectivity index (χ0v) is 21.9. The summed E-state index contributed by atoms with van der Waals surface area (Å²) in [6.45, 7) is 7.96. The van der Waals surface area contributed by atoms with Gasteiger partial charge in [0.05, 0.1) is 17.1 Å². The average Bonchev–Trinajstić information content (AvgIpc) is 3.47. The van der Waals surface area contributed by atoms with Crippen LogP contribution in [0.3, 0.4) is 0 Å². The van der Waals surface area contributed by atoms with E-state index in [4.69, 9.17) is 0 Å². The number of alkyl halides is 3. The van der Waals surface area contributed by atoms with Crippen LogP contribution < -0.4 is 5.32 Å². The summed E-state index contributed by atoms with van der Waals surface area (Å²) in [4.78, 5) is 17.4. The van der Waals surface area contributed by atoms with Crippen LogP contribution in [0.15, 0.2) is 66.7 Å². The van der Waals surface area contributed by atoms with Gasteiger partial charge in [0.2, 0.25) is 0 Å². The first-order chi connectivity index (χ1) is 18.5. The number of hydrogen-bond acceptors (Lipinski definition) is 4. The molecule has 5 rings (SSSR count). The van der Waals surface area contributed by atoms with Crippen molar-refractivity contribution in [2.24, 2.45) is 0 Å². The molecule has 39 heavy (non-hydrogen) atoms. The van der Waals surface area contributed by atoms with E-state index in [-0.39, 0.29) is 29.5 Å². The van der Waals surface area contributed by atoms with Crippen LogP contribution in [0, 0.1) is 13.8 Å². The maximum atomic E-state index is 14.0. The molecule has 1 N–H and O–H groups in total. The van der Waals surface area contributed by atoms with Gasteiger partial charge in [-0.15, -0.1) is 0 Å². The number of nitrogens with zero attached hydrogens (tertiary/aromatic N) is 5. The Balaban J connectivity index is 1.44. The van der Waals surface area contributed by atoms with Gasteiger partial charge < -0.3 is 5.32 Å². The van der Waals surface area contributed by atoms with Crippen molar-refractivity contribution in [2.45, 2.75) is 46.3 Å². The molecule has 0 radical (unpaired) electrons. The molecule has 2 aromatic carbocycles. The maximum Gasteiger partial charge on any atom is 0.433 e. The van der Waals surface area contributed by atoms with Crippen molar-refractivity contribution in [3.05, 3.63) is 101 Å². The standard InChI is InChI=1S/C29H27F3N6O/c1-17(2)20-10-12-21(13-11-20)24-14-26(29(30,31)32)38-27(34-24)15-25(36-38)28(39)33-16-23-18(3)35-37(19(23)4)22-8-6-5-7-9-22/h5-15,17H,16H2,1-4H3,(H,33,39). The first-order valence-electron chi connectivity index (χ1n) is 12.5. The van der Waals surface area contributed by atoms with Crippen LogP contribution in [-0.4, -0.2) is 30.3 Å². The molecule has 1 amide bonds. The van der Waals surface area contributed by atoms with Gasteiger partial charge in [0.1, 0.15) is 0 Å². The Morgan fingerprint density at radius 2 is 1.67 bits per heavy atom. The first-order valence-corrected chi connectivity index (χ1v) is 12.5. The molecule has 7 nitrogen and oxygen atoms in total. The van der Waals surface area contributed by atoms with Gasteiger partial charge in [0.25, 0.3) is 5.91 Å². The number of aromatic nitrogens is 5. The highest BCUT2D eigenvalue weighted by atomic mass is 19.4. The monoisotopic (exact) mass is 532 g/mol. The SMILES string of the molecule is Cc1nn(-c2ccccc2)c(C)c1CNC(=O)c1cc2nc(-c3ccc(C(C)C)cc3)cc(C(F)(F)F)n2n1. The van der Waals surface area contributed by atoms with E-state index in [0.717, 1.165) is 34.3 Å². The summed E-state index contributed by atoms with van der Waals surface area (Å²) in [6.07, 6.45) is -4.70. The van der Waals surface area contributed by atoms with Crippen LogP contribution in [0.25, 0.3) is 22.6 Å². The highest BCUT2D eigenvalue weighted by Gasteiger charge is 2.35. The third kappa shape index (κ3) is 5.14. The molecule has 0 aliphatic carbocycles. The average molecular weight is 533 g/mol. The second kappa shape index (κ2) is 10.0. The van der Waals surface area contributed by atoms with Crippen molar-refractivity contribution in [3.8, 4) is 16.9 Å². The number of carbonyl (C=O) groups is 1. The number of benzene rings is 2. The molecule has 0 aliphatic rings. The summed E-state index contributed by atoms with van der Waals surface area (Å²) in [5, 5.41) is 11.3. The third-order valence-electron chi connectivity index (χ3n) is 6.69. The second-order valence-electron chi connectivity index (χ2n) is 9.68. The zero-order valence-electron chi connectivity index (χ0n) is 21.9. The number of nitrogens with one attached hydrogen (secondary N) is 1. The molecular weight excluding hydrogens is 505 g/mol. The van der Waals surface area contributed by atoms with Crippen LogP contribution in [0.1, 0.15) is 58.5 Å². The van der Waals surface area contributed by atoms with E-state index in [2.05, 4.69) is 20.5 Å². The smallest absolute Gasteiger partial charge is 0.346 e. The Hall–Kier alpha value is -4.47. The van der Waals surface area contributed by atoms with E-state index in [0.29, 0.717) is 10.1 Å².